The summed E-state index contributed by atoms with van der Waals surface area (Å²) in [6.45, 7) is 4.23. The maximum absolute atomic E-state index is 13.6. The maximum Gasteiger partial charge on any atom is 0.248 e. The lowest BCUT2D eigenvalue weighted by Crippen LogP contribution is -2.56. The molecule has 2 fully saturated rings. The molecule has 0 bridgehead atoms. The number of anilines is 1. The average molecular weight is 534 g/mol. The highest BCUT2D eigenvalue weighted by Crippen LogP contribution is 2.30. The molecule has 2 aliphatic rings. The number of aliphatic hydroxyl groups is 2. The van der Waals surface area contributed by atoms with Gasteiger partial charge < -0.3 is 29.5 Å². The number of β-amino-alcohol motifs (C(OH)–C–C–N with tert-alkyl or cyclic N) is 2. The highest BCUT2D eigenvalue weighted by Gasteiger charge is 2.41. The van der Waals surface area contributed by atoms with E-state index in [1.165, 1.54) is 17.6 Å². The molecule has 38 heavy (non-hydrogen) atoms. The molecule has 4 rings (SSSR count). The van der Waals surface area contributed by atoms with E-state index in [4.69, 9.17) is 9.47 Å². The van der Waals surface area contributed by atoms with Gasteiger partial charge in [-0.1, -0.05) is 18.2 Å². The summed E-state index contributed by atoms with van der Waals surface area (Å²) in [7, 11) is 1.43. The first-order chi connectivity index (χ1) is 18.1. The van der Waals surface area contributed by atoms with Crippen LogP contribution in [0.3, 0.4) is 0 Å². The lowest BCUT2D eigenvalue weighted by atomic mass is 9.89. The normalized spacial score (nSPS) is 22.3. The zero-order chi connectivity index (χ0) is 27.3. The van der Waals surface area contributed by atoms with Crippen LogP contribution in [0.2, 0.25) is 0 Å². The molecular weight excluding hydrogens is 496 g/mol. The number of hydrogen-bond acceptors (Lipinski definition) is 7. The second-order valence-electron chi connectivity index (χ2n) is 10.6. The van der Waals surface area contributed by atoms with Crippen LogP contribution in [-0.2, 0) is 9.53 Å². The number of rotatable bonds is 8. The van der Waals surface area contributed by atoms with E-state index in [2.05, 4.69) is 24.0 Å². The molecule has 2 saturated heterocycles. The van der Waals surface area contributed by atoms with Crippen LogP contribution in [0.4, 0.5) is 14.5 Å². The number of benzene rings is 2. The van der Waals surface area contributed by atoms with Crippen molar-refractivity contribution in [1.29, 1.82) is 0 Å². The van der Waals surface area contributed by atoms with Gasteiger partial charge in [0.25, 0.3) is 0 Å². The number of amides is 1. The monoisotopic (exact) mass is 533 g/mol. The molecule has 0 aliphatic carbocycles. The Morgan fingerprint density at radius 2 is 1.66 bits per heavy atom. The number of carbonyl (C=O) groups is 1. The summed E-state index contributed by atoms with van der Waals surface area (Å²) in [6.07, 6.45) is 1.11. The summed E-state index contributed by atoms with van der Waals surface area (Å²) < 4.78 is 37.9. The van der Waals surface area contributed by atoms with Crippen LogP contribution in [0.25, 0.3) is 0 Å². The van der Waals surface area contributed by atoms with Gasteiger partial charge in [-0.25, -0.2) is 8.78 Å². The van der Waals surface area contributed by atoms with E-state index >= 15 is 0 Å². The number of carbonyl (C=O) groups excluding carboxylic acids is 1. The van der Waals surface area contributed by atoms with E-state index in [0.717, 1.165) is 23.9 Å². The molecule has 2 N–H and O–H groups in total. The largest absolute Gasteiger partial charge is 0.490 e. The van der Waals surface area contributed by atoms with E-state index < -0.39 is 22.8 Å². The molecule has 8 nitrogen and oxygen atoms in total. The maximum atomic E-state index is 13.6. The molecule has 2 aliphatic heterocycles. The third-order valence-corrected chi connectivity index (χ3v) is 7.32. The summed E-state index contributed by atoms with van der Waals surface area (Å²) in [5.41, 5.74) is -0.148. The minimum absolute atomic E-state index is 0.0387. The number of methoxy groups -OCH3 is 1. The molecule has 0 saturated carbocycles. The van der Waals surface area contributed by atoms with Gasteiger partial charge >= 0.3 is 0 Å². The number of para-hydroxylation sites is 1. The van der Waals surface area contributed by atoms with Crippen LogP contribution in [0.5, 0.6) is 5.75 Å². The van der Waals surface area contributed by atoms with Gasteiger partial charge in [0.1, 0.15) is 36.2 Å². The van der Waals surface area contributed by atoms with Gasteiger partial charge in [0.05, 0.1) is 12.1 Å². The van der Waals surface area contributed by atoms with Crippen LogP contribution in [0, 0.1) is 18.6 Å². The van der Waals surface area contributed by atoms with Crippen molar-refractivity contribution in [2.75, 3.05) is 71.0 Å². The number of hydrogen-bond donors (Lipinski definition) is 2. The fraction of sp³-hybridized carbons (Fsp3) is 0.536. The molecule has 0 aromatic heterocycles. The Morgan fingerprint density at radius 3 is 2.32 bits per heavy atom. The minimum atomic E-state index is -1.54. The number of ether oxygens (including phenoxy) is 2. The highest BCUT2D eigenvalue weighted by atomic mass is 19.1. The van der Waals surface area contributed by atoms with Gasteiger partial charge in [-0.3, -0.25) is 9.69 Å². The standard InChI is InChI=1S/C28H37F2N3O5/c1-21-5-3-4-6-25(21)32-9-7-27(35,8-10-32)17-31-11-12-33(26(34)16-37-2)19-28(36,18-31)20-38-24-14-22(29)13-23(30)15-24/h3-6,13-15,35-36H,7-12,16-20H2,1-2H3. The molecule has 2 heterocycles. The SMILES string of the molecule is COCC(=O)N1CCN(CC2(O)CCN(c3ccccc3C)CC2)CC(O)(COc2cc(F)cc(F)c2)C1. The highest BCUT2D eigenvalue weighted by molar-refractivity contribution is 5.77. The topological polar surface area (TPSA) is 85.7 Å². The van der Waals surface area contributed by atoms with E-state index in [9.17, 15) is 23.8 Å². The summed E-state index contributed by atoms with van der Waals surface area (Å²) in [4.78, 5) is 18.4. The van der Waals surface area contributed by atoms with Crippen molar-refractivity contribution in [1.82, 2.24) is 9.80 Å². The molecule has 1 unspecified atom stereocenters. The van der Waals surface area contributed by atoms with Crippen molar-refractivity contribution in [2.24, 2.45) is 0 Å². The number of aryl methyl sites for hydroxylation is 1. The molecule has 1 amide bonds. The predicted octanol–water partition coefficient (Wildman–Crippen LogP) is 2.21. The van der Waals surface area contributed by atoms with Crippen molar-refractivity contribution in [3.8, 4) is 5.75 Å². The lowest BCUT2D eigenvalue weighted by Gasteiger charge is -2.43. The first-order valence-electron chi connectivity index (χ1n) is 12.9. The number of halogens is 2. The molecular formula is C28H37F2N3O5. The van der Waals surface area contributed by atoms with Gasteiger partial charge in [-0.2, -0.15) is 0 Å². The summed E-state index contributed by atoms with van der Waals surface area (Å²) >= 11 is 0. The van der Waals surface area contributed by atoms with Gasteiger partial charge in [0.15, 0.2) is 0 Å². The second kappa shape index (κ2) is 11.9. The van der Waals surface area contributed by atoms with Crippen LogP contribution in [0.15, 0.2) is 42.5 Å². The molecule has 2 aromatic rings. The molecule has 208 valence electrons. The van der Waals surface area contributed by atoms with Gasteiger partial charge in [-0.15, -0.1) is 0 Å². The molecule has 10 heteroatoms. The van der Waals surface area contributed by atoms with E-state index in [-0.39, 0.29) is 38.0 Å². The third-order valence-electron chi connectivity index (χ3n) is 7.32. The van der Waals surface area contributed by atoms with Gasteiger partial charge in [0, 0.05) is 70.3 Å². The number of nitrogens with zero attached hydrogens (tertiary/aromatic N) is 3. The Labute approximate surface area is 222 Å². The Hall–Kier alpha value is -2.79. The minimum Gasteiger partial charge on any atom is -0.490 e. The first-order valence-corrected chi connectivity index (χ1v) is 12.9. The van der Waals surface area contributed by atoms with E-state index in [0.29, 0.717) is 45.6 Å². The summed E-state index contributed by atoms with van der Waals surface area (Å²) in [5, 5.41) is 23.0. The molecule has 1 atom stereocenters. The second-order valence-corrected chi connectivity index (χ2v) is 10.6. The molecule has 0 radical (unpaired) electrons. The average Bonchev–Trinajstić information content (AvgIpc) is 3.02. The Morgan fingerprint density at radius 1 is 0.974 bits per heavy atom. The van der Waals surface area contributed by atoms with Gasteiger partial charge in [-0.05, 0) is 31.4 Å². The predicted molar refractivity (Wildman–Crippen MR) is 139 cm³/mol. The van der Waals surface area contributed by atoms with Crippen LogP contribution < -0.4 is 9.64 Å². The van der Waals surface area contributed by atoms with Crippen molar-refractivity contribution in [3.63, 3.8) is 0 Å². The van der Waals surface area contributed by atoms with Crippen molar-refractivity contribution < 1.29 is 33.3 Å². The smallest absolute Gasteiger partial charge is 0.248 e. The van der Waals surface area contributed by atoms with Crippen LogP contribution >= 0.6 is 0 Å². The number of piperidine rings is 1. The Bertz CT molecular complexity index is 1090. The van der Waals surface area contributed by atoms with Crippen LogP contribution in [-0.4, -0.2) is 103 Å². The summed E-state index contributed by atoms with van der Waals surface area (Å²) in [6, 6.07) is 11.0. The zero-order valence-electron chi connectivity index (χ0n) is 22.0. The van der Waals surface area contributed by atoms with Crippen molar-refractivity contribution in [2.45, 2.75) is 31.0 Å². The Balaban J connectivity index is 1.45. The molecule has 2 aromatic carbocycles. The molecule has 0 spiro atoms. The fourth-order valence-corrected chi connectivity index (χ4v) is 5.38. The fourth-order valence-electron chi connectivity index (χ4n) is 5.38. The van der Waals surface area contributed by atoms with Crippen molar-refractivity contribution >= 4 is 11.6 Å². The Kier molecular flexibility index (Phi) is 8.87. The van der Waals surface area contributed by atoms with Crippen LogP contribution in [0.1, 0.15) is 18.4 Å². The third kappa shape index (κ3) is 7.19. The summed E-state index contributed by atoms with van der Waals surface area (Å²) in [5.74, 6) is -1.91. The van der Waals surface area contributed by atoms with Crippen molar-refractivity contribution in [3.05, 3.63) is 59.7 Å². The van der Waals surface area contributed by atoms with E-state index in [1.54, 1.807) is 0 Å². The van der Waals surface area contributed by atoms with Gasteiger partial charge in [0.2, 0.25) is 5.91 Å². The van der Waals surface area contributed by atoms with E-state index in [1.807, 2.05) is 17.0 Å². The lowest BCUT2D eigenvalue weighted by molar-refractivity contribution is -0.138. The first kappa shape index (κ1) is 28.2. The zero-order valence-corrected chi connectivity index (χ0v) is 22.0. The quantitative estimate of drug-likeness (QED) is 0.538.